The molecular weight excluding hydrogens is 292 g/mol. The molecule has 1 amide bonds. The van der Waals surface area contributed by atoms with E-state index < -0.39 is 9.84 Å². The first-order valence-electron chi connectivity index (χ1n) is 7.56. The molecule has 8 heteroatoms. The standard InChI is InChI=1S/C13H26N4O3S/c1-16(7-8-17-5-3-14-4-6-17)10-13(18)15-12-2-9-21(19,20)11-12/h12,14H,2-11H2,1H3,(H,15,18). The molecule has 0 radical (unpaired) electrons. The van der Waals surface area contributed by atoms with Gasteiger partial charge in [0.15, 0.2) is 9.84 Å². The quantitative estimate of drug-likeness (QED) is 0.597. The van der Waals surface area contributed by atoms with Gasteiger partial charge >= 0.3 is 0 Å². The number of hydrogen-bond acceptors (Lipinski definition) is 6. The van der Waals surface area contributed by atoms with E-state index in [9.17, 15) is 13.2 Å². The van der Waals surface area contributed by atoms with Crippen LogP contribution in [0, 0.1) is 0 Å². The van der Waals surface area contributed by atoms with Crippen LogP contribution in [-0.4, -0.2) is 94.5 Å². The van der Waals surface area contributed by atoms with Crippen LogP contribution in [0.4, 0.5) is 0 Å². The van der Waals surface area contributed by atoms with Gasteiger partial charge in [-0.1, -0.05) is 0 Å². The van der Waals surface area contributed by atoms with Crippen LogP contribution < -0.4 is 10.6 Å². The van der Waals surface area contributed by atoms with E-state index >= 15 is 0 Å². The molecule has 2 rings (SSSR count). The van der Waals surface area contributed by atoms with E-state index in [4.69, 9.17) is 0 Å². The number of likely N-dealkylation sites (N-methyl/N-ethyl adjacent to an activating group) is 1. The Morgan fingerprint density at radius 3 is 2.71 bits per heavy atom. The number of sulfone groups is 1. The minimum atomic E-state index is -2.94. The molecule has 2 aliphatic rings. The summed E-state index contributed by atoms with van der Waals surface area (Å²) >= 11 is 0. The minimum absolute atomic E-state index is 0.0834. The summed E-state index contributed by atoms with van der Waals surface area (Å²) in [4.78, 5) is 16.3. The topological polar surface area (TPSA) is 81.8 Å². The number of amides is 1. The second-order valence-corrected chi connectivity index (χ2v) is 8.23. The monoisotopic (exact) mass is 318 g/mol. The smallest absolute Gasteiger partial charge is 0.234 e. The van der Waals surface area contributed by atoms with E-state index in [0.717, 1.165) is 39.3 Å². The molecule has 0 aliphatic carbocycles. The molecular formula is C13H26N4O3S. The van der Waals surface area contributed by atoms with Crippen LogP contribution in [-0.2, 0) is 14.6 Å². The lowest BCUT2D eigenvalue weighted by molar-refractivity contribution is -0.122. The summed E-state index contributed by atoms with van der Waals surface area (Å²) in [7, 11) is -1.01. The second kappa shape index (κ2) is 7.53. The first-order valence-corrected chi connectivity index (χ1v) is 9.38. The molecule has 2 N–H and O–H groups in total. The summed E-state index contributed by atoms with van der Waals surface area (Å²) in [6, 6.07) is -0.205. The van der Waals surface area contributed by atoms with E-state index in [1.54, 1.807) is 0 Å². The molecule has 0 spiro atoms. The van der Waals surface area contributed by atoms with Gasteiger partial charge in [0, 0.05) is 45.3 Å². The van der Waals surface area contributed by atoms with Crippen molar-refractivity contribution in [1.29, 1.82) is 0 Å². The summed E-state index contributed by atoms with van der Waals surface area (Å²) in [6.07, 6.45) is 0.540. The molecule has 0 aromatic rings. The van der Waals surface area contributed by atoms with Crippen LogP contribution in [0.3, 0.4) is 0 Å². The summed E-state index contributed by atoms with van der Waals surface area (Å²) in [5, 5.41) is 6.13. The van der Waals surface area contributed by atoms with Gasteiger partial charge < -0.3 is 10.6 Å². The van der Waals surface area contributed by atoms with Crippen molar-refractivity contribution in [3.05, 3.63) is 0 Å². The van der Waals surface area contributed by atoms with Crippen LogP contribution in [0.25, 0.3) is 0 Å². The Morgan fingerprint density at radius 2 is 2.10 bits per heavy atom. The highest BCUT2D eigenvalue weighted by Gasteiger charge is 2.28. The van der Waals surface area contributed by atoms with Crippen LogP contribution >= 0.6 is 0 Å². The zero-order valence-electron chi connectivity index (χ0n) is 12.7. The normalized spacial score (nSPS) is 26.1. The van der Waals surface area contributed by atoms with Gasteiger partial charge in [0.25, 0.3) is 0 Å². The van der Waals surface area contributed by atoms with Crippen molar-refractivity contribution in [1.82, 2.24) is 20.4 Å². The lowest BCUT2D eigenvalue weighted by Crippen LogP contribution is -2.47. The molecule has 2 saturated heterocycles. The Kier molecular flexibility index (Phi) is 5.98. The summed E-state index contributed by atoms with van der Waals surface area (Å²) < 4.78 is 22.7. The van der Waals surface area contributed by atoms with Crippen molar-refractivity contribution in [2.45, 2.75) is 12.5 Å². The molecule has 0 aromatic carbocycles. The number of nitrogens with zero attached hydrogens (tertiary/aromatic N) is 2. The average Bonchev–Trinajstić information content (AvgIpc) is 2.76. The molecule has 2 heterocycles. The summed E-state index contributed by atoms with van der Waals surface area (Å²) in [6.45, 7) is 6.29. The molecule has 1 atom stereocenters. The fraction of sp³-hybridized carbons (Fsp3) is 0.923. The molecule has 0 aromatic heterocycles. The van der Waals surface area contributed by atoms with Crippen LogP contribution in [0.15, 0.2) is 0 Å². The third kappa shape index (κ3) is 5.90. The van der Waals surface area contributed by atoms with E-state index in [0.29, 0.717) is 13.0 Å². The molecule has 2 fully saturated rings. The fourth-order valence-electron chi connectivity index (χ4n) is 2.75. The molecule has 122 valence electrons. The number of piperazine rings is 1. The average molecular weight is 318 g/mol. The fourth-order valence-corrected chi connectivity index (χ4v) is 4.43. The number of nitrogens with one attached hydrogen (secondary N) is 2. The van der Waals surface area contributed by atoms with Gasteiger partial charge in [-0.25, -0.2) is 8.42 Å². The number of carbonyl (C=O) groups is 1. The van der Waals surface area contributed by atoms with Gasteiger partial charge in [-0.15, -0.1) is 0 Å². The number of hydrogen-bond donors (Lipinski definition) is 2. The van der Waals surface area contributed by atoms with E-state index in [2.05, 4.69) is 15.5 Å². The van der Waals surface area contributed by atoms with Crippen molar-refractivity contribution < 1.29 is 13.2 Å². The third-order valence-electron chi connectivity index (χ3n) is 4.02. The van der Waals surface area contributed by atoms with Crippen LogP contribution in [0.1, 0.15) is 6.42 Å². The predicted molar refractivity (Wildman–Crippen MR) is 82.0 cm³/mol. The van der Waals surface area contributed by atoms with Gasteiger partial charge in [0.2, 0.25) is 5.91 Å². The Balaban J connectivity index is 1.62. The van der Waals surface area contributed by atoms with E-state index in [1.807, 2.05) is 11.9 Å². The van der Waals surface area contributed by atoms with Gasteiger partial charge in [0.1, 0.15) is 0 Å². The van der Waals surface area contributed by atoms with Crippen LogP contribution in [0.2, 0.25) is 0 Å². The minimum Gasteiger partial charge on any atom is -0.351 e. The van der Waals surface area contributed by atoms with Gasteiger partial charge in [-0.3, -0.25) is 14.6 Å². The second-order valence-electron chi connectivity index (χ2n) is 6.00. The molecule has 21 heavy (non-hydrogen) atoms. The van der Waals surface area contributed by atoms with Crippen molar-refractivity contribution in [2.75, 3.05) is 64.4 Å². The summed E-state index contributed by atoms with van der Waals surface area (Å²) in [5.74, 6) is 0.194. The number of rotatable bonds is 6. The first-order chi connectivity index (χ1) is 9.94. The first kappa shape index (κ1) is 16.7. The van der Waals surface area contributed by atoms with E-state index in [1.165, 1.54) is 0 Å². The lowest BCUT2D eigenvalue weighted by Gasteiger charge is -2.29. The molecule has 1 unspecified atom stereocenters. The molecule has 0 saturated carbocycles. The highest BCUT2D eigenvalue weighted by Crippen LogP contribution is 2.10. The van der Waals surface area contributed by atoms with Gasteiger partial charge in [-0.2, -0.15) is 0 Å². The Hall–Kier alpha value is -0.700. The van der Waals surface area contributed by atoms with Crippen LogP contribution in [0.5, 0.6) is 0 Å². The maximum atomic E-state index is 11.9. The maximum absolute atomic E-state index is 11.9. The Bertz CT molecular complexity index is 448. The molecule has 0 bridgehead atoms. The van der Waals surface area contributed by atoms with E-state index in [-0.39, 0.29) is 23.5 Å². The van der Waals surface area contributed by atoms with Gasteiger partial charge in [-0.05, 0) is 13.5 Å². The lowest BCUT2D eigenvalue weighted by atomic mass is 10.2. The number of carbonyl (C=O) groups excluding carboxylic acids is 1. The maximum Gasteiger partial charge on any atom is 0.234 e. The Morgan fingerprint density at radius 1 is 1.38 bits per heavy atom. The van der Waals surface area contributed by atoms with Crippen molar-refractivity contribution >= 4 is 15.7 Å². The largest absolute Gasteiger partial charge is 0.351 e. The van der Waals surface area contributed by atoms with Crippen molar-refractivity contribution in [3.8, 4) is 0 Å². The zero-order valence-corrected chi connectivity index (χ0v) is 13.5. The zero-order chi connectivity index (χ0) is 15.3. The van der Waals surface area contributed by atoms with Crippen molar-refractivity contribution in [3.63, 3.8) is 0 Å². The summed E-state index contributed by atoms with van der Waals surface area (Å²) in [5.41, 5.74) is 0. The molecule has 7 nitrogen and oxygen atoms in total. The Labute approximate surface area is 127 Å². The predicted octanol–water partition coefficient (Wildman–Crippen LogP) is -1.87. The SMILES string of the molecule is CN(CCN1CCNCC1)CC(=O)NC1CCS(=O)(=O)C1. The highest BCUT2D eigenvalue weighted by atomic mass is 32.2. The van der Waals surface area contributed by atoms with Crippen molar-refractivity contribution in [2.24, 2.45) is 0 Å². The highest BCUT2D eigenvalue weighted by molar-refractivity contribution is 7.91. The molecule has 2 aliphatic heterocycles. The third-order valence-corrected chi connectivity index (χ3v) is 5.79. The van der Waals surface area contributed by atoms with Gasteiger partial charge in [0.05, 0.1) is 18.1 Å².